The van der Waals surface area contributed by atoms with Crippen LogP contribution in [-0.2, 0) is 9.47 Å². The van der Waals surface area contributed by atoms with Crippen LogP contribution in [-0.4, -0.2) is 72.9 Å². The topological polar surface area (TPSA) is 237 Å². The number of hydrogen-bond donors (Lipinski definition) is 2. The van der Waals surface area contributed by atoms with Crippen molar-refractivity contribution in [3.8, 4) is 23.8 Å². The van der Waals surface area contributed by atoms with Crippen LogP contribution in [0.4, 0.5) is 9.59 Å². The summed E-state index contributed by atoms with van der Waals surface area (Å²) in [7, 11) is 0. The van der Waals surface area contributed by atoms with Gasteiger partial charge in [0.25, 0.3) is 0 Å². The highest BCUT2D eigenvalue weighted by atomic mass is 16.6. The first kappa shape index (κ1) is 34.5. The summed E-state index contributed by atoms with van der Waals surface area (Å²) in [6.45, 7) is 14.2. The normalized spacial score (nSPS) is 12.3. The molecule has 0 aromatic carbocycles. The largest absolute Gasteiger partial charge is 0.444 e. The quantitative estimate of drug-likeness (QED) is 0.311. The van der Waals surface area contributed by atoms with E-state index in [0.29, 0.717) is 23.3 Å². The Bertz CT molecular complexity index is 1580. The summed E-state index contributed by atoms with van der Waals surface area (Å²) in [6, 6.07) is 2.88. The summed E-state index contributed by atoms with van der Waals surface area (Å²) in [5.41, 5.74) is -0.766. The van der Waals surface area contributed by atoms with Crippen molar-refractivity contribution in [1.29, 1.82) is 10.5 Å². The van der Waals surface area contributed by atoms with Crippen LogP contribution in [0.1, 0.15) is 90.5 Å². The van der Waals surface area contributed by atoms with E-state index >= 15 is 0 Å². The molecule has 0 aliphatic carbocycles. The smallest absolute Gasteiger partial charge is 0.408 e. The van der Waals surface area contributed by atoms with Crippen LogP contribution in [0.15, 0.2) is 37.4 Å². The second-order valence-corrected chi connectivity index (χ2v) is 11.5. The van der Waals surface area contributed by atoms with E-state index < -0.39 is 35.5 Å². The molecule has 0 unspecified atom stereocenters. The predicted octanol–water partition coefficient (Wildman–Crippen LogP) is 3.03. The third-order valence-electron chi connectivity index (χ3n) is 5.33. The van der Waals surface area contributed by atoms with Crippen LogP contribution in [0.25, 0.3) is 11.6 Å². The van der Waals surface area contributed by atoms with Crippen molar-refractivity contribution < 1.29 is 19.1 Å². The number of aromatic nitrogens is 10. The Hall–Kier alpha value is -6.04. The van der Waals surface area contributed by atoms with Crippen LogP contribution in [0.3, 0.4) is 0 Å². The molecular weight excluding hydrogens is 596 g/mol. The number of ether oxygens (including phenoxy) is 2. The molecule has 240 valence electrons. The molecule has 0 fully saturated rings. The third kappa shape index (κ3) is 10.0. The zero-order valence-electron chi connectivity index (χ0n) is 26.6. The van der Waals surface area contributed by atoms with Crippen LogP contribution in [0, 0.1) is 22.7 Å². The van der Waals surface area contributed by atoms with Crippen LogP contribution in [0.2, 0.25) is 0 Å². The number of nitriles is 2. The second-order valence-electron chi connectivity index (χ2n) is 11.5. The maximum absolute atomic E-state index is 11.8. The summed E-state index contributed by atoms with van der Waals surface area (Å²) in [5.74, 6) is 1.73. The van der Waals surface area contributed by atoms with Crippen molar-refractivity contribution in [3.63, 3.8) is 0 Å². The Kier molecular flexibility index (Phi) is 11.0. The standard InChI is InChI=1S/2C14H17N7O2/c2*1-9(20-13(22)23-14(2,3)4)12-18-8-19-21(12)11-7-16-10(5-15)6-17-11/h2*6-9H,1-4H3,(H,20,22)/t2*9-/m00/s1. The van der Waals surface area contributed by atoms with Crippen LogP contribution >= 0.6 is 0 Å². The van der Waals surface area contributed by atoms with Gasteiger partial charge in [0.1, 0.15) is 36.0 Å². The average molecular weight is 631 g/mol. The fraction of sp³-hybridized carbons (Fsp3) is 0.429. The molecule has 0 saturated heterocycles. The first-order chi connectivity index (χ1) is 21.6. The molecule has 0 radical (unpaired) electrons. The van der Waals surface area contributed by atoms with Gasteiger partial charge in [0.05, 0.1) is 36.9 Å². The van der Waals surface area contributed by atoms with E-state index in [4.69, 9.17) is 20.0 Å². The van der Waals surface area contributed by atoms with Gasteiger partial charge in [-0.3, -0.25) is 0 Å². The monoisotopic (exact) mass is 630 g/mol. The van der Waals surface area contributed by atoms with E-state index in [1.54, 1.807) is 55.4 Å². The fourth-order valence-electron chi connectivity index (χ4n) is 3.52. The number of nitrogens with zero attached hydrogens (tertiary/aromatic N) is 12. The third-order valence-corrected chi connectivity index (χ3v) is 5.33. The second kappa shape index (κ2) is 14.6. The number of carbonyl (C=O) groups is 2. The van der Waals surface area contributed by atoms with Gasteiger partial charge >= 0.3 is 12.2 Å². The van der Waals surface area contributed by atoms with E-state index in [-0.39, 0.29) is 11.4 Å². The lowest BCUT2D eigenvalue weighted by Gasteiger charge is -2.21. The number of rotatable bonds is 6. The average Bonchev–Trinajstić information content (AvgIpc) is 3.66. The van der Waals surface area contributed by atoms with Gasteiger partial charge in [-0.25, -0.2) is 39.5 Å². The molecule has 4 heterocycles. The van der Waals surface area contributed by atoms with Gasteiger partial charge in [0, 0.05) is 0 Å². The maximum atomic E-state index is 11.8. The van der Waals surface area contributed by atoms with Gasteiger partial charge in [-0.15, -0.1) is 0 Å². The highest BCUT2D eigenvalue weighted by Gasteiger charge is 2.23. The first-order valence-corrected chi connectivity index (χ1v) is 13.8. The lowest BCUT2D eigenvalue weighted by molar-refractivity contribution is 0.0493. The van der Waals surface area contributed by atoms with Gasteiger partial charge < -0.3 is 20.1 Å². The lowest BCUT2D eigenvalue weighted by atomic mass is 10.2. The van der Waals surface area contributed by atoms with E-state index in [9.17, 15) is 9.59 Å². The Morgan fingerprint density at radius 3 is 1.33 bits per heavy atom. The zero-order valence-corrected chi connectivity index (χ0v) is 26.6. The van der Waals surface area contributed by atoms with Gasteiger partial charge in [0.15, 0.2) is 34.7 Å². The highest BCUT2D eigenvalue weighted by molar-refractivity contribution is 5.68. The summed E-state index contributed by atoms with van der Waals surface area (Å²) in [5, 5.41) is 31.0. The summed E-state index contributed by atoms with van der Waals surface area (Å²) < 4.78 is 13.3. The Labute approximate surface area is 264 Å². The molecular formula is C28H34N14O4. The van der Waals surface area contributed by atoms with Gasteiger partial charge in [-0.1, -0.05) is 0 Å². The Morgan fingerprint density at radius 1 is 0.674 bits per heavy atom. The summed E-state index contributed by atoms with van der Waals surface area (Å²) in [4.78, 5) is 48.0. The molecule has 0 bridgehead atoms. The predicted molar refractivity (Wildman–Crippen MR) is 159 cm³/mol. The molecule has 18 heteroatoms. The van der Waals surface area contributed by atoms with Crippen molar-refractivity contribution >= 4 is 12.2 Å². The van der Waals surface area contributed by atoms with E-state index in [0.717, 1.165) is 0 Å². The molecule has 0 saturated carbocycles. The minimum atomic E-state index is -0.587. The van der Waals surface area contributed by atoms with Crippen molar-refractivity contribution in [2.75, 3.05) is 0 Å². The molecule has 2 atom stereocenters. The van der Waals surface area contributed by atoms with Gasteiger partial charge in [0.2, 0.25) is 0 Å². The molecule has 4 aromatic heterocycles. The zero-order chi connectivity index (χ0) is 34.1. The SMILES string of the molecule is C[C@H](NC(=O)OC(C)(C)C)c1ncnn1-c1cnc(C#N)cn1.C[C@H](NC(=O)OC(C)(C)C)c1ncnn1-c1cnc(C#N)cn1. The van der Waals surface area contributed by atoms with Gasteiger partial charge in [-0.2, -0.15) is 30.1 Å². The molecule has 2 N–H and O–H groups in total. The molecule has 2 amide bonds. The van der Waals surface area contributed by atoms with Crippen molar-refractivity contribution in [3.05, 3.63) is 60.5 Å². The molecule has 4 rings (SSSR count). The minimum absolute atomic E-state index is 0.204. The Balaban J connectivity index is 0.000000250. The van der Waals surface area contributed by atoms with Crippen molar-refractivity contribution in [2.24, 2.45) is 0 Å². The number of carbonyl (C=O) groups excluding carboxylic acids is 2. The highest BCUT2D eigenvalue weighted by Crippen LogP contribution is 2.16. The number of nitrogens with one attached hydrogen (secondary N) is 2. The first-order valence-electron chi connectivity index (χ1n) is 13.8. The van der Waals surface area contributed by atoms with Crippen LogP contribution < -0.4 is 10.6 Å². The minimum Gasteiger partial charge on any atom is -0.444 e. The van der Waals surface area contributed by atoms with E-state index in [1.165, 1.54) is 46.8 Å². The van der Waals surface area contributed by atoms with Crippen molar-refractivity contribution in [1.82, 2.24) is 60.1 Å². The van der Waals surface area contributed by atoms with Crippen molar-refractivity contribution in [2.45, 2.75) is 78.7 Å². The van der Waals surface area contributed by atoms with E-state index in [1.807, 2.05) is 12.1 Å². The number of alkyl carbamates (subject to hydrolysis) is 2. The maximum Gasteiger partial charge on any atom is 0.408 e. The van der Waals surface area contributed by atoms with Gasteiger partial charge in [-0.05, 0) is 55.4 Å². The lowest BCUT2D eigenvalue weighted by Crippen LogP contribution is -2.35. The number of amides is 2. The molecule has 0 aliphatic rings. The Morgan fingerprint density at radius 2 is 1.04 bits per heavy atom. The van der Waals surface area contributed by atoms with E-state index in [2.05, 4.69) is 50.7 Å². The van der Waals surface area contributed by atoms with Crippen LogP contribution in [0.5, 0.6) is 0 Å². The fourth-order valence-corrected chi connectivity index (χ4v) is 3.52. The molecule has 4 aromatic rings. The molecule has 46 heavy (non-hydrogen) atoms. The molecule has 0 spiro atoms. The molecule has 0 aliphatic heterocycles. The summed E-state index contributed by atoms with van der Waals surface area (Å²) in [6.07, 6.45) is 7.11. The summed E-state index contributed by atoms with van der Waals surface area (Å²) >= 11 is 0. The number of hydrogen-bond acceptors (Lipinski definition) is 14. The molecule has 18 nitrogen and oxygen atoms in total.